The van der Waals surface area contributed by atoms with Crippen LogP contribution in [0.3, 0.4) is 0 Å². The Hall–Kier alpha value is -0.310. The van der Waals surface area contributed by atoms with Crippen molar-refractivity contribution in [2.45, 2.75) is 26.4 Å². The lowest BCUT2D eigenvalue weighted by atomic mass is 10.0. The van der Waals surface area contributed by atoms with Crippen LogP contribution in [0.1, 0.15) is 20.3 Å². The molecule has 0 aromatic carbocycles. The van der Waals surface area contributed by atoms with Gasteiger partial charge in [-0.25, -0.2) is 9.18 Å². The quantitative estimate of drug-likeness (QED) is 0.702. The fourth-order valence-electron chi connectivity index (χ4n) is 0.450. The van der Waals surface area contributed by atoms with Crippen LogP contribution in [0.2, 0.25) is 0 Å². The largest absolute Gasteiger partial charge is 0.479 e. The third-order valence-corrected chi connectivity index (χ3v) is 1.38. The molecule has 62 valence electrons. The first-order valence-corrected chi connectivity index (χ1v) is 2.96. The Bertz CT molecular complexity index is 108. The van der Waals surface area contributed by atoms with Gasteiger partial charge in [-0.2, -0.15) is 0 Å². The molecule has 1 N–H and O–H groups in total. The van der Waals surface area contributed by atoms with Gasteiger partial charge >= 0.3 is 5.97 Å². The second-order valence-electron chi connectivity index (χ2n) is 2.13. The van der Waals surface area contributed by atoms with Crippen molar-refractivity contribution in [3.63, 3.8) is 0 Å². The Balaban J connectivity index is 0. The maximum atomic E-state index is 12.3. The number of carboxylic acids is 1. The third-order valence-electron chi connectivity index (χ3n) is 1.38. The summed E-state index contributed by atoms with van der Waals surface area (Å²) in [6.07, 6.45) is -1.14. The van der Waals surface area contributed by atoms with Gasteiger partial charge in [0.1, 0.15) is 0 Å². The van der Waals surface area contributed by atoms with Gasteiger partial charge in [-0.1, -0.05) is 20.3 Å². The van der Waals surface area contributed by atoms with Crippen molar-refractivity contribution in [3.8, 4) is 0 Å². The van der Waals surface area contributed by atoms with Crippen LogP contribution in [-0.4, -0.2) is 17.2 Å². The summed E-state index contributed by atoms with van der Waals surface area (Å²) < 4.78 is 12.3. The molecule has 0 aromatic heterocycles. The monoisotopic (exact) mass is 170 g/mol. The Morgan fingerprint density at radius 2 is 2.10 bits per heavy atom. The van der Waals surface area contributed by atoms with Gasteiger partial charge in [-0.05, 0) is 5.92 Å². The van der Waals surface area contributed by atoms with Crippen LogP contribution in [0.25, 0.3) is 0 Å². The number of rotatable bonds is 3. The molecule has 0 aliphatic carbocycles. The molecule has 0 saturated carbocycles. The minimum atomic E-state index is -1.70. The smallest absolute Gasteiger partial charge is 0.338 e. The predicted octanol–water partition coefficient (Wildman–Crippen LogP) is 1.88. The normalized spacial score (nSPS) is 15.1. The number of carboxylic acid groups (broad SMARTS) is 1. The fraction of sp³-hybridized carbons (Fsp3) is 0.833. The number of carbonyl (C=O) groups is 1. The highest BCUT2D eigenvalue weighted by Gasteiger charge is 2.21. The molecule has 2 unspecified atom stereocenters. The second kappa shape index (κ2) is 5.47. The zero-order chi connectivity index (χ0) is 7.44. The molecule has 4 heteroatoms. The predicted molar refractivity (Wildman–Crippen MR) is 39.2 cm³/mol. The molecular formula is C6H12ClFO2. The fourth-order valence-corrected chi connectivity index (χ4v) is 0.450. The minimum absolute atomic E-state index is 0. The van der Waals surface area contributed by atoms with E-state index in [1.54, 1.807) is 13.8 Å². The summed E-state index contributed by atoms with van der Waals surface area (Å²) in [6, 6.07) is 0. The van der Waals surface area contributed by atoms with Gasteiger partial charge in [0.25, 0.3) is 0 Å². The summed E-state index contributed by atoms with van der Waals surface area (Å²) in [4.78, 5) is 9.92. The highest BCUT2D eigenvalue weighted by Crippen LogP contribution is 2.10. The summed E-state index contributed by atoms with van der Waals surface area (Å²) in [6.45, 7) is 3.35. The molecule has 10 heavy (non-hydrogen) atoms. The van der Waals surface area contributed by atoms with E-state index in [1.165, 1.54) is 0 Å². The summed E-state index contributed by atoms with van der Waals surface area (Å²) in [5, 5.41) is 8.11. The van der Waals surface area contributed by atoms with Gasteiger partial charge in [-0.15, -0.1) is 12.4 Å². The van der Waals surface area contributed by atoms with Crippen LogP contribution >= 0.6 is 12.4 Å². The molecule has 2 nitrogen and oxygen atoms in total. The van der Waals surface area contributed by atoms with Crippen molar-refractivity contribution in [1.29, 1.82) is 0 Å². The molecule has 0 aromatic rings. The first-order chi connectivity index (χ1) is 4.09. The average Bonchev–Trinajstić information content (AvgIpc) is 1.84. The number of halogens is 2. The van der Waals surface area contributed by atoms with E-state index in [9.17, 15) is 9.18 Å². The summed E-state index contributed by atoms with van der Waals surface area (Å²) >= 11 is 0. The van der Waals surface area contributed by atoms with Crippen LogP contribution in [0.5, 0.6) is 0 Å². The standard InChI is InChI=1S/C6H11FO2.ClH/c1-3-4(2)5(7)6(8)9;/h4-5H,3H2,1-2H3,(H,8,9);1H. The van der Waals surface area contributed by atoms with Crippen molar-refractivity contribution in [2.24, 2.45) is 5.92 Å². The summed E-state index contributed by atoms with van der Waals surface area (Å²) in [5.74, 6) is -1.73. The Morgan fingerprint density at radius 3 is 2.20 bits per heavy atom. The van der Waals surface area contributed by atoms with E-state index in [1.807, 2.05) is 0 Å². The van der Waals surface area contributed by atoms with Gasteiger partial charge in [0.15, 0.2) is 6.17 Å². The number of alkyl halides is 1. The SMILES string of the molecule is CCC(C)C(F)C(=O)O.Cl. The molecule has 0 radical (unpaired) electrons. The molecule has 2 atom stereocenters. The van der Waals surface area contributed by atoms with E-state index in [4.69, 9.17) is 5.11 Å². The lowest BCUT2D eigenvalue weighted by molar-refractivity contribution is -0.144. The van der Waals surface area contributed by atoms with Gasteiger partial charge in [0, 0.05) is 0 Å². The van der Waals surface area contributed by atoms with Crippen LogP contribution in [0.4, 0.5) is 4.39 Å². The zero-order valence-corrected chi connectivity index (χ0v) is 6.82. The van der Waals surface area contributed by atoms with Crippen molar-refractivity contribution < 1.29 is 14.3 Å². The lowest BCUT2D eigenvalue weighted by Crippen LogP contribution is -2.22. The van der Waals surface area contributed by atoms with E-state index in [2.05, 4.69) is 0 Å². The topological polar surface area (TPSA) is 37.3 Å². The van der Waals surface area contributed by atoms with Crippen LogP contribution in [0, 0.1) is 5.92 Å². The maximum Gasteiger partial charge on any atom is 0.338 e. The Kier molecular flexibility index (Phi) is 6.77. The van der Waals surface area contributed by atoms with Crippen LogP contribution < -0.4 is 0 Å². The maximum absolute atomic E-state index is 12.3. The van der Waals surface area contributed by atoms with Crippen molar-refractivity contribution in [1.82, 2.24) is 0 Å². The molecule has 0 amide bonds. The molecule has 0 spiro atoms. The molecule has 0 saturated heterocycles. The Morgan fingerprint density at radius 1 is 1.70 bits per heavy atom. The number of aliphatic carboxylic acids is 1. The zero-order valence-electron chi connectivity index (χ0n) is 6.00. The summed E-state index contributed by atoms with van der Waals surface area (Å²) in [5.41, 5.74) is 0. The highest BCUT2D eigenvalue weighted by molar-refractivity contribution is 5.85. The molecule has 0 aliphatic heterocycles. The van der Waals surface area contributed by atoms with Gasteiger partial charge in [0.05, 0.1) is 0 Å². The van der Waals surface area contributed by atoms with E-state index in [0.29, 0.717) is 6.42 Å². The lowest BCUT2D eigenvalue weighted by Gasteiger charge is -2.08. The number of hydrogen-bond acceptors (Lipinski definition) is 1. The van der Waals surface area contributed by atoms with E-state index >= 15 is 0 Å². The molecule has 0 bridgehead atoms. The third kappa shape index (κ3) is 3.67. The molecular weight excluding hydrogens is 159 g/mol. The summed E-state index contributed by atoms with van der Waals surface area (Å²) in [7, 11) is 0. The minimum Gasteiger partial charge on any atom is -0.479 e. The average molecular weight is 171 g/mol. The van der Waals surface area contributed by atoms with E-state index < -0.39 is 12.1 Å². The van der Waals surface area contributed by atoms with Gasteiger partial charge in [-0.3, -0.25) is 0 Å². The first-order valence-electron chi connectivity index (χ1n) is 2.96. The highest BCUT2D eigenvalue weighted by atomic mass is 35.5. The van der Waals surface area contributed by atoms with Crippen LogP contribution in [-0.2, 0) is 4.79 Å². The second-order valence-corrected chi connectivity index (χ2v) is 2.13. The molecule has 0 heterocycles. The number of hydrogen-bond donors (Lipinski definition) is 1. The van der Waals surface area contributed by atoms with Gasteiger partial charge < -0.3 is 5.11 Å². The van der Waals surface area contributed by atoms with Gasteiger partial charge in [0.2, 0.25) is 0 Å². The van der Waals surface area contributed by atoms with Crippen LogP contribution in [0.15, 0.2) is 0 Å². The Labute approximate surface area is 65.8 Å². The first kappa shape index (κ1) is 12.4. The molecule has 0 aliphatic rings. The van der Waals surface area contributed by atoms with E-state index in [0.717, 1.165) is 0 Å². The van der Waals surface area contributed by atoms with E-state index in [-0.39, 0.29) is 18.3 Å². The molecule has 0 fully saturated rings. The van der Waals surface area contributed by atoms with Crippen molar-refractivity contribution in [3.05, 3.63) is 0 Å². The van der Waals surface area contributed by atoms with Crippen molar-refractivity contribution >= 4 is 18.4 Å². The molecule has 0 rings (SSSR count). The van der Waals surface area contributed by atoms with Crippen molar-refractivity contribution in [2.75, 3.05) is 0 Å².